The molecule has 5 aromatic rings. The standard InChI is InChI=1S/C39H33N3O5S2/c1-4-45-32-21-27(15-20-31(32)47-24-26-13-11-25(23-40)12-14-26)22-33-37(43)42-36(29-16-18-30(48-3)19-17-29)34(38(44)46-5-2)35(41-39(42)49-33)28-9-7-6-8-10-28/h6-22,36H,4-5,24H2,1-3H3/b33-22-/t36-/m1/s1. The molecule has 0 fully saturated rings. The second kappa shape index (κ2) is 15.2. The highest BCUT2D eigenvalue weighted by Crippen LogP contribution is 2.36. The molecule has 0 saturated heterocycles. The number of esters is 1. The fourth-order valence-electron chi connectivity index (χ4n) is 5.53. The summed E-state index contributed by atoms with van der Waals surface area (Å²) in [5.41, 5.74) is 4.30. The lowest BCUT2D eigenvalue weighted by Crippen LogP contribution is -2.40. The number of aromatic nitrogens is 1. The third-order valence-corrected chi connectivity index (χ3v) is 9.57. The lowest BCUT2D eigenvalue weighted by atomic mass is 9.93. The van der Waals surface area contributed by atoms with E-state index in [4.69, 9.17) is 24.5 Å². The number of hydrogen-bond donors (Lipinski definition) is 0. The van der Waals surface area contributed by atoms with E-state index in [-0.39, 0.29) is 12.2 Å². The molecular weight excluding hydrogens is 655 g/mol. The number of thiazole rings is 1. The second-order valence-corrected chi connectivity index (χ2v) is 12.8. The molecule has 1 aliphatic rings. The summed E-state index contributed by atoms with van der Waals surface area (Å²) in [6.45, 7) is 4.56. The molecule has 0 unspecified atom stereocenters. The van der Waals surface area contributed by atoms with E-state index in [1.54, 1.807) is 41.5 Å². The van der Waals surface area contributed by atoms with E-state index in [1.807, 2.05) is 98.1 Å². The minimum atomic E-state index is -0.749. The Morgan fingerprint density at radius 2 is 1.71 bits per heavy atom. The van der Waals surface area contributed by atoms with E-state index < -0.39 is 12.0 Å². The minimum absolute atomic E-state index is 0.183. The second-order valence-electron chi connectivity index (χ2n) is 10.9. The van der Waals surface area contributed by atoms with Crippen LogP contribution in [0.4, 0.5) is 0 Å². The first kappa shape index (κ1) is 33.5. The highest BCUT2D eigenvalue weighted by Gasteiger charge is 2.35. The van der Waals surface area contributed by atoms with Crippen molar-refractivity contribution in [1.82, 2.24) is 4.57 Å². The Morgan fingerprint density at radius 1 is 0.959 bits per heavy atom. The first-order valence-electron chi connectivity index (χ1n) is 15.7. The van der Waals surface area contributed by atoms with Crippen molar-refractivity contribution >= 4 is 40.8 Å². The van der Waals surface area contributed by atoms with Crippen molar-refractivity contribution < 1.29 is 19.0 Å². The van der Waals surface area contributed by atoms with Crippen LogP contribution in [0, 0.1) is 11.3 Å². The Labute approximate surface area is 292 Å². The Balaban J connectivity index is 1.45. The van der Waals surface area contributed by atoms with Crippen molar-refractivity contribution in [2.45, 2.75) is 31.4 Å². The molecule has 10 heteroatoms. The van der Waals surface area contributed by atoms with E-state index in [1.165, 1.54) is 11.3 Å². The van der Waals surface area contributed by atoms with Gasteiger partial charge in [-0.25, -0.2) is 9.79 Å². The lowest BCUT2D eigenvalue weighted by Gasteiger charge is -2.26. The van der Waals surface area contributed by atoms with Crippen LogP contribution in [0.3, 0.4) is 0 Å². The molecular formula is C39H33N3O5S2. The van der Waals surface area contributed by atoms with Gasteiger partial charge in [-0.1, -0.05) is 72.0 Å². The van der Waals surface area contributed by atoms with Gasteiger partial charge in [-0.15, -0.1) is 11.8 Å². The number of thioether (sulfide) groups is 1. The van der Waals surface area contributed by atoms with E-state index >= 15 is 0 Å². The van der Waals surface area contributed by atoms with Gasteiger partial charge in [0.15, 0.2) is 16.3 Å². The predicted molar refractivity (Wildman–Crippen MR) is 192 cm³/mol. The SMILES string of the molecule is CCOC(=O)C1=C(c2ccccc2)N=c2s/c(=C\c3ccc(OCc4ccc(C#N)cc4)c(OCC)c3)c(=O)n2[C@@H]1c1ccc(SC)cc1. The number of fused-ring (bicyclic) bond motifs is 1. The summed E-state index contributed by atoms with van der Waals surface area (Å²) >= 11 is 2.88. The van der Waals surface area contributed by atoms with Gasteiger partial charge in [0, 0.05) is 10.5 Å². The van der Waals surface area contributed by atoms with Crippen molar-refractivity contribution in [2.75, 3.05) is 19.5 Å². The van der Waals surface area contributed by atoms with Gasteiger partial charge in [0.05, 0.1) is 46.7 Å². The Morgan fingerprint density at radius 3 is 2.39 bits per heavy atom. The number of rotatable bonds is 11. The molecule has 4 aromatic carbocycles. The number of ether oxygens (including phenoxy) is 3. The largest absolute Gasteiger partial charge is 0.490 e. The molecule has 0 bridgehead atoms. The van der Waals surface area contributed by atoms with Gasteiger partial charge in [-0.2, -0.15) is 5.26 Å². The molecule has 246 valence electrons. The van der Waals surface area contributed by atoms with Crippen LogP contribution in [0.2, 0.25) is 0 Å². The van der Waals surface area contributed by atoms with Crippen LogP contribution in [-0.4, -0.2) is 30.0 Å². The topological polar surface area (TPSA) is 103 Å². The summed E-state index contributed by atoms with van der Waals surface area (Å²) < 4.78 is 19.6. The van der Waals surface area contributed by atoms with Crippen molar-refractivity contribution in [3.63, 3.8) is 0 Å². The molecule has 0 N–H and O–H groups in total. The van der Waals surface area contributed by atoms with Crippen molar-refractivity contribution in [3.8, 4) is 17.6 Å². The van der Waals surface area contributed by atoms with Crippen LogP contribution in [0.15, 0.2) is 117 Å². The molecule has 2 heterocycles. The average Bonchev–Trinajstić information content (AvgIpc) is 3.45. The molecule has 0 aliphatic carbocycles. The van der Waals surface area contributed by atoms with Crippen LogP contribution < -0.4 is 24.4 Å². The maximum Gasteiger partial charge on any atom is 0.338 e. The van der Waals surface area contributed by atoms with Gasteiger partial charge in [-0.05, 0) is 79.3 Å². The highest BCUT2D eigenvalue weighted by atomic mass is 32.2. The number of nitriles is 1. The summed E-state index contributed by atoms with van der Waals surface area (Å²) in [4.78, 5) is 34.5. The van der Waals surface area contributed by atoms with E-state index in [0.29, 0.717) is 50.9 Å². The molecule has 0 spiro atoms. The number of nitrogens with zero attached hydrogens (tertiary/aromatic N) is 3. The summed E-state index contributed by atoms with van der Waals surface area (Å²) in [6.07, 6.45) is 3.81. The smallest absolute Gasteiger partial charge is 0.338 e. The van der Waals surface area contributed by atoms with Gasteiger partial charge >= 0.3 is 5.97 Å². The number of carbonyl (C=O) groups is 1. The van der Waals surface area contributed by atoms with Crippen LogP contribution in [0.1, 0.15) is 47.7 Å². The normalized spacial score (nSPS) is 14.1. The van der Waals surface area contributed by atoms with Gasteiger partial charge in [0.2, 0.25) is 0 Å². The Bertz CT molecular complexity index is 2230. The maximum absolute atomic E-state index is 14.3. The zero-order chi connectivity index (χ0) is 34.3. The van der Waals surface area contributed by atoms with Crippen LogP contribution in [0.5, 0.6) is 11.5 Å². The number of benzene rings is 4. The van der Waals surface area contributed by atoms with Crippen molar-refractivity contribution in [2.24, 2.45) is 4.99 Å². The van der Waals surface area contributed by atoms with Gasteiger partial charge in [0.25, 0.3) is 5.56 Å². The third-order valence-electron chi connectivity index (χ3n) is 7.85. The van der Waals surface area contributed by atoms with Crippen LogP contribution >= 0.6 is 23.1 Å². The maximum atomic E-state index is 14.3. The Kier molecular flexibility index (Phi) is 10.4. The summed E-state index contributed by atoms with van der Waals surface area (Å²) in [6, 6.07) is 31.5. The molecule has 6 rings (SSSR count). The molecule has 49 heavy (non-hydrogen) atoms. The molecule has 0 radical (unpaired) electrons. The predicted octanol–water partition coefficient (Wildman–Crippen LogP) is 6.51. The summed E-state index contributed by atoms with van der Waals surface area (Å²) in [5.74, 6) is 0.585. The van der Waals surface area contributed by atoms with Crippen LogP contribution in [0.25, 0.3) is 11.8 Å². The fraction of sp³-hybridized carbons (Fsp3) is 0.179. The molecule has 0 amide bonds. The first-order valence-corrected chi connectivity index (χ1v) is 17.8. The van der Waals surface area contributed by atoms with Crippen molar-refractivity contribution in [1.29, 1.82) is 5.26 Å². The minimum Gasteiger partial charge on any atom is -0.490 e. The molecule has 8 nitrogen and oxygen atoms in total. The van der Waals surface area contributed by atoms with Crippen LogP contribution in [-0.2, 0) is 16.1 Å². The zero-order valence-electron chi connectivity index (χ0n) is 27.2. The zero-order valence-corrected chi connectivity index (χ0v) is 28.8. The molecule has 0 saturated carbocycles. The lowest BCUT2D eigenvalue weighted by molar-refractivity contribution is -0.138. The van der Waals surface area contributed by atoms with Crippen molar-refractivity contribution in [3.05, 3.63) is 150 Å². The number of carbonyl (C=O) groups excluding carboxylic acids is 1. The molecule has 1 atom stereocenters. The molecule has 1 aliphatic heterocycles. The molecule has 1 aromatic heterocycles. The van der Waals surface area contributed by atoms with Gasteiger partial charge < -0.3 is 14.2 Å². The van der Waals surface area contributed by atoms with E-state index in [9.17, 15) is 9.59 Å². The quantitative estimate of drug-likeness (QED) is 0.115. The highest BCUT2D eigenvalue weighted by molar-refractivity contribution is 7.98. The summed E-state index contributed by atoms with van der Waals surface area (Å²) in [7, 11) is 0. The van der Waals surface area contributed by atoms with Gasteiger partial charge in [-0.3, -0.25) is 9.36 Å². The van der Waals surface area contributed by atoms with E-state index in [2.05, 4.69) is 6.07 Å². The third kappa shape index (κ3) is 7.23. The van der Waals surface area contributed by atoms with Gasteiger partial charge in [0.1, 0.15) is 6.61 Å². The van der Waals surface area contributed by atoms with E-state index in [0.717, 1.165) is 27.1 Å². The Hall–Kier alpha value is -5.37. The number of hydrogen-bond acceptors (Lipinski definition) is 9. The summed E-state index contributed by atoms with van der Waals surface area (Å²) in [5, 5.41) is 9.08. The fourth-order valence-corrected chi connectivity index (χ4v) is 6.94. The monoisotopic (exact) mass is 687 g/mol. The first-order chi connectivity index (χ1) is 23.9. The average molecular weight is 688 g/mol.